The van der Waals surface area contributed by atoms with Crippen LogP contribution in [-0.4, -0.2) is 4.98 Å². The first-order valence-corrected chi connectivity index (χ1v) is 11.1. The largest absolute Gasteiger partial charge is 0.256 e. The summed E-state index contributed by atoms with van der Waals surface area (Å²) in [6, 6.07) is 18.1. The van der Waals surface area contributed by atoms with Crippen LogP contribution in [0.2, 0.25) is 0 Å². The molecule has 152 valence electrons. The van der Waals surface area contributed by atoms with Gasteiger partial charge in [-0.05, 0) is 54.2 Å². The number of aromatic nitrogens is 1. The first-order valence-electron chi connectivity index (χ1n) is 11.1. The van der Waals surface area contributed by atoms with Crippen molar-refractivity contribution in [2.24, 2.45) is 0 Å². The number of hydrogen-bond acceptors (Lipinski definition) is 1. The highest BCUT2D eigenvalue weighted by molar-refractivity contribution is 5.67. The Morgan fingerprint density at radius 3 is 2.07 bits per heavy atom. The fraction of sp³-hybridized carbons (Fsp3) is 0.370. The molecular weight excluding hydrogens is 357 g/mol. The summed E-state index contributed by atoms with van der Waals surface area (Å²) in [4.78, 5) is 4.52. The zero-order chi connectivity index (χ0) is 20.5. The van der Waals surface area contributed by atoms with E-state index in [-0.39, 0.29) is 5.82 Å². The van der Waals surface area contributed by atoms with E-state index in [9.17, 15) is 4.39 Å². The standard InChI is InChI=1S/C27H32FN/c1-3-5-6-7-8-9-10-22-13-17-25(26(28)19-22)27-18-16-24(20-29-27)23-14-11-21(4-2)12-15-23/h11-20H,3-10H2,1-2H3. The van der Waals surface area contributed by atoms with Gasteiger partial charge in [-0.3, -0.25) is 4.98 Å². The molecule has 0 aliphatic carbocycles. The van der Waals surface area contributed by atoms with Gasteiger partial charge in [0.05, 0.1) is 5.69 Å². The lowest BCUT2D eigenvalue weighted by Crippen LogP contribution is -1.93. The first kappa shape index (κ1) is 21.2. The topological polar surface area (TPSA) is 12.9 Å². The molecular formula is C27H32FN. The van der Waals surface area contributed by atoms with E-state index in [0.717, 1.165) is 36.0 Å². The Morgan fingerprint density at radius 2 is 1.41 bits per heavy atom. The van der Waals surface area contributed by atoms with Gasteiger partial charge in [0.1, 0.15) is 5.82 Å². The van der Waals surface area contributed by atoms with E-state index in [1.807, 2.05) is 30.5 Å². The van der Waals surface area contributed by atoms with Crippen molar-refractivity contribution in [3.8, 4) is 22.4 Å². The minimum absolute atomic E-state index is 0.180. The lowest BCUT2D eigenvalue weighted by molar-refractivity contribution is 0.603. The molecule has 2 aromatic carbocycles. The van der Waals surface area contributed by atoms with Crippen LogP contribution in [0.3, 0.4) is 0 Å². The Balaban J connectivity index is 1.62. The maximum atomic E-state index is 14.7. The van der Waals surface area contributed by atoms with Crippen molar-refractivity contribution in [1.82, 2.24) is 4.98 Å². The molecule has 0 saturated carbocycles. The van der Waals surface area contributed by atoms with E-state index in [1.165, 1.54) is 37.7 Å². The number of pyridine rings is 1. The van der Waals surface area contributed by atoms with Gasteiger partial charge >= 0.3 is 0 Å². The Bertz CT molecular complexity index is 881. The molecule has 0 bridgehead atoms. The van der Waals surface area contributed by atoms with Crippen LogP contribution >= 0.6 is 0 Å². The second-order valence-electron chi connectivity index (χ2n) is 7.81. The Morgan fingerprint density at radius 1 is 0.724 bits per heavy atom. The minimum Gasteiger partial charge on any atom is -0.256 e. The van der Waals surface area contributed by atoms with Crippen molar-refractivity contribution in [3.05, 3.63) is 77.7 Å². The quantitative estimate of drug-likeness (QED) is 0.320. The van der Waals surface area contributed by atoms with E-state index in [2.05, 4.69) is 43.1 Å². The number of nitrogens with zero attached hydrogens (tertiary/aromatic N) is 1. The number of unbranched alkanes of at least 4 members (excludes halogenated alkanes) is 5. The minimum atomic E-state index is -0.180. The molecule has 0 saturated heterocycles. The molecule has 0 aliphatic heterocycles. The highest BCUT2D eigenvalue weighted by Crippen LogP contribution is 2.26. The summed E-state index contributed by atoms with van der Waals surface area (Å²) in [6.45, 7) is 4.38. The molecule has 3 aromatic rings. The van der Waals surface area contributed by atoms with Gasteiger partial charge in [-0.1, -0.05) is 82.3 Å². The number of aryl methyl sites for hydroxylation is 2. The normalized spacial score (nSPS) is 11.0. The number of hydrogen-bond donors (Lipinski definition) is 0. The molecule has 3 rings (SSSR count). The van der Waals surface area contributed by atoms with E-state index in [4.69, 9.17) is 0 Å². The molecule has 29 heavy (non-hydrogen) atoms. The van der Waals surface area contributed by atoms with Crippen LogP contribution in [0.5, 0.6) is 0 Å². The third-order valence-corrected chi connectivity index (χ3v) is 5.59. The van der Waals surface area contributed by atoms with E-state index in [1.54, 1.807) is 6.07 Å². The molecule has 0 unspecified atom stereocenters. The van der Waals surface area contributed by atoms with Gasteiger partial charge in [-0.25, -0.2) is 4.39 Å². The third-order valence-electron chi connectivity index (χ3n) is 5.59. The number of benzene rings is 2. The summed E-state index contributed by atoms with van der Waals surface area (Å²) < 4.78 is 14.7. The second kappa shape index (κ2) is 10.9. The molecule has 0 radical (unpaired) electrons. The fourth-order valence-corrected chi connectivity index (χ4v) is 3.69. The highest BCUT2D eigenvalue weighted by Gasteiger charge is 2.08. The van der Waals surface area contributed by atoms with Gasteiger partial charge in [0.2, 0.25) is 0 Å². The molecule has 0 amide bonds. The third kappa shape index (κ3) is 6.00. The summed E-state index contributed by atoms with van der Waals surface area (Å²) in [6.07, 6.45) is 11.4. The predicted octanol–water partition coefficient (Wildman–Crippen LogP) is 8.02. The van der Waals surface area contributed by atoms with Gasteiger partial charge in [0.15, 0.2) is 0 Å². The van der Waals surface area contributed by atoms with Crippen LogP contribution in [0.4, 0.5) is 4.39 Å². The van der Waals surface area contributed by atoms with Crippen molar-refractivity contribution >= 4 is 0 Å². The lowest BCUT2D eigenvalue weighted by atomic mass is 10.0. The van der Waals surface area contributed by atoms with Gasteiger partial charge in [-0.15, -0.1) is 0 Å². The molecule has 0 spiro atoms. The van der Waals surface area contributed by atoms with E-state index < -0.39 is 0 Å². The summed E-state index contributed by atoms with van der Waals surface area (Å²) in [5.41, 5.74) is 5.84. The smallest absolute Gasteiger partial charge is 0.132 e. The fourth-order valence-electron chi connectivity index (χ4n) is 3.69. The summed E-state index contributed by atoms with van der Waals surface area (Å²) in [5, 5.41) is 0. The maximum Gasteiger partial charge on any atom is 0.132 e. The van der Waals surface area contributed by atoms with Crippen molar-refractivity contribution in [2.75, 3.05) is 0 Å². The second-order valence-corrected chi connectivity index (χ2v) is 7.81. The van der Waals surface area contributed by atoms with Crippen molar-refractivity contribution in [3.63, 3.8) is 0 Å². The summed E-state index contributed by atoms with van der Waals surface area (Å²) in [5.74, 6) is -0.180. The van der Waals surface area contributed by atoms with Crippen LogP contribution < -0.4 is 0 Å². The van der Waals surface area contributed by atoms with E-state index >= 15 is 0 Å². The zero-order valence-electron chi connectivity index (χ0n) is 17.8. The Kier molecular flexibility index (Phi) is 7.98. The molecule has 0 aliphatic rings. The first-order chi connectivity index (χ1) is 14.2. The summed E-state index contributed by atoms with van der Waals surface area (Å²) >= 11 is 0. The van der Waals surface area contributed by atoms with Crippen LogP contribution in [0.1, 0.15) is 63.5 Å². The molecule has 1 nitrogen and oxygen atoms in total. The molecule has 0 atom stereocenters. The average molecular weight is 390 g/mol. The molecule has 1 aromatic heterocycles. The monoisotopic (exact) mass is 389 g/mol. The average Bonchev–Trinajstić information content (AvgIpc) is 2.76. The van der Waals surface area contributed by atoms with Gasteiger partial charge in [-0.2, -0.15) is 0 Å². The van der Waals surface area contributed by atoms with Crippen molar-refractivity contribution in [1.29, 1.82) is 0 Å². The summed E-state index contributed by atoms with van der Waals surface area (Å²) in [7, 11) is 0. The van der Waals surface area contributed by atoms with Gasteiger partial charge in [0, 0.05) is 17.3 Å². The van der Waals surface area contributed by atoms with Crippen LogP contribution in [0.25, 0.3) is 22.4 Å². The number of rotatable bonds is 10. The van der Waals surface area contributed by atoms with Crippen LogP contribution in [0.15, 0.2) is 60.8 Å². The molecule has 2 heteroatoms. The van der Waals surface area contributed by atoms with Gasteiger partial charge in [0.25, 0.3) is 0 Å². The van der Waals surface area contributed by atoms with Crippen molar-refractivity contribution in [2.45, 2.75) is 65.2 Å². The molecule has 1 heterocycles. The Labute approximate surface area is 175 Å². The molecule has 0 N–H and O–H groups in total. The van der Waals surface area contributed by atoms with Crippen molar-refractivity contribution < 1.29 is 4.39 Å². The number of halogens is 1. The molecule has 0 fully saturated rings. The maximum absolute atomic E-state index is 14.7. The lowest BCUT2D eigenvalue weighted by Gasteiger charge is -2.08. The van der Waals surface area contributed by atoms with Crippen LogP contribution in [-0.2, 0) is 12.8 Å². The Hall–Kier alpha value is -2.48. The predicted molar refractivity (Wildman–Crippen MR) is 122 cm³/mol. The SMILES string of the molecule is CCCCCCCCc1ccc(-c2ccc(-c3ccc(CC)cc3)cn2)c(F)c1. The van der Waals surface area contributed by atoms with Gasteiger partial charge < -0.3 is 0 Å². The van der Waals surface area contributed by atoms with Crippen LogP contribution in [0, 0.1) is 5.82 Å². The zero-order valence-corrected chi connectivity index (χ0v) is 17.8. The van der Waals surface area contributed by atoms with E-state index in [0.29, 0.717) is 11.3 Å². The highest BCUT2D eigenvalue weighted by atomic mass is 19.1.